The van der Waals surface area contributed by atoms with Gasteiger partial charge in [-0.05, 0) is 38.5 Å². The number of carbonyl (C=O) groups is 1. The van der Waals surface area contributed by atoms with Crippen LogP contribution in [0.25, 0.3) is 0 Å². The van der Waals surface area contributed by atoms with Crippen LogP contribution < -0.4 is 5.32 Å². The molecule has 1 aromatic carbocycles. The maximum absolute atomic E-state index is 12.1. The van der Waals surface area contributed by atoms with Gasteiger partial charge in [0.2, 0.25) is 0 Å². The van der Waals surface area contributed by atoms with Gasteiger partial charge < -0.3 is 10.1 Å². The molecule has 1 aromatic rings. The van der Waals surface area contributed by atoms with Crippen molar-refractivity contribution >= 4 is 37.2 Å². The van der Waals surface area contributed by atoms with Crippen molar-refractivity contribution in [2.75, 3.05) is 13.2 Å². The van der Waals surface area contributed by atoms with Gasteiger partial charge in [0.25, 0.3) is 15.0 Å². The fraction of sp³-hybridized carbons (Fsp3) is 0.462. The second-order valence-electron chi connectivity index (χ2n) is 4.49. The van der Waals surface area contributed by atoms with E-state index in [0.29, 0.717) is 18.7 Å². The zero-order valence-electron chi connectivity index (χ0n) is 11.9. The molecule has 0 bridgehead atoms. The molecule has 1 N–H and O–H groups in total. The predicted octanol–water partition coefficient (Wildman–Crippen LogP) is 2.73. The van der Waals surface area contributed by atoms with E-state index in [1.807, 2.05) is 13.8 Å². The fourth-order valence-electron chi connectivity index (χ4n) is 1.71. The first kappa shape index (κ1) is 18.2. The van der Waals surface area contributed by atoms with E-state index in [0.717, 1.165) is 0 Å². The Labute approximate surface area is 134 Å². The molecule has 0 spiro atoms. The lowest BCUT2D eigenvalue weighted by Crippen LogP contribution is -2.32. The van der Waals surface area contributed by atoms with Gasteiger partial charge in [0.15, 0.2) is 0 Å². The molecular formula is C13H17Cl2NO4S. The molecule has 1 atom stereocenters. The van der Waals surface area contributed by atoms with Gasteiger partial charge in [-0.3, -0.25) is 4.79 Å². The molecule has 118 valence electrons. The topological polar surface area (TPSA) is 72.5 Å². The number of ether oxygens (including phenoxy) is 1. The summed E-state index contributed by atoms with van der Waals surface area (Å²) in [6.07, 6.45) is -0.144. The Morgan fingerprint density at radius 2 is 2.05 bits per heavy atom. The van der Waals surface area contributed by atoms with E-state index < -0.39 is 15.0 Å². The summed E-state index contributed by atoms with van der Waals surface area (Å²) < 4.78 is 28.1. The average Bonchev–Trinajstić information content (AvgIpc) is 2.38. The Bertz CT molecular complexity index is 631. The first-order valence-corrected chi connectivity index (χ1v) is 9.00. The highest BCUT2D eigenvalue weighted by Crippen LogP contribution is 2.26. The molecule has 0 heterocycles. The molecule has 0 saturated carbocycles. The number of rotatable bonds is 6. The summed E-state index contributed by atoms with van der Waals surface area (Å²) >= 11 is 5.95. The number of halogens is 2. The molecule has 1 amide bonds. The normalized spacial score (nSPS) is 13.0. The third-order valence-corrected chi connectivity index (χ3v) is 4.57. The summed E-state index contributed by atoms with van der Waals surface area (Å²) in [5, 5.41) is 2.84. The van der Waals surface area contributed by atoms with Crippen LogP contribution in [0.2, 0.25) is 5.02 Å². The molecule has 0 aliphatic carbocycles. The number of benzene rings is 1. The van der Waals surface area contributed by atoms with Crippen molar-refractivity contribution in [2.24, 2.45) is 0 Å². The maximum Gasteiger partial charge on any atom is 0.261 e. The van der Waals surface area contributed by atoms with E-state index in [4.69, 9.17) is 27.0 Å². The van der Waals surface area contributed by atoms with Gasteiger partial charge in [0, 0.05) is 34.4 Å². The highest BCUT2D eigenvalue weighted by atomic mass is 35.7. The molecule has 21 heavy (non-hydrogen) atoms. The summed E-state index contributed by atoms with van der Waals surface area (Å²) in [6, 6.07) is 2.43. The van der Waals surface area contributed by atoms with Crippen molar-refractivity contribution < 1.29 is 17.9 Å². The lowest BCUT2D eigenvalue weighted by atomic mass is 10.1. The van der Waals surface area contributed by atoms with Crippen LogP contribution in [0.15, 0.2) is 17.0 Å². The molecule has 8 heteroatoms. The molecule has 1 unspecified atom stereocenters. The average molecular weight is 354 g/mol. The highest BCUT2D eigenvalue weighted by molar-refractivity contribution is 8.13. The van der Waals surface area contributed by atoms with E-state index in [9.17, 15) is 13.2 Å². The maximum atomic E-state index is 12.1. The smallest absolute Gasteiger partial charge is 0.261 e. The number of carbonyl (C=O) groups excluding carboxylic acids is 1. The van der Waals surface area contributed by atoms with Gasteiger partial charge in [-0.2, -0.15) is 0 Å². The van der Waals surface area contributed by atoms with Crippen LogP contribution in [-0.2, 0) is 13.8 Å². The quantitative estimate of drug-likeness (QED) is 0.798. The van der Waals surface area contributed by atoms with Gasteiger partial charge >= 0.3 is 0 Å². The highest BCUT2D eigenvalue weighted by Gasteiger charge is 2.19. The number of nitrogens with one attached hydrogen (secondary N) is 1. The van der Waals surface area contributed by atoms with E-state index in [-0.39, 0.29) is 21.6 Å². The van der Waals surface area contributed by atoms with Gasteiger partial charge in [-0.15, -0.1) is 0 Å². The van der Waals surface area contributed by atoms with Crippen LogP contribution in [0.3, 0.4) is 0 Å². The Morgan fingerprint density at radius 3 is 2.57 bits per heavy atom. The third kappa shape index (κ3) is 5.14. The summed E-state index contributed by atoms with van der Waals surface area (Å²) in [4.78, 5) is 11.9. The molecule has 0 fully saturated rings. The van der Waals surface area contributed by atoms with E-state index >= 15 is 0 Å². The van der Waals surface area contributed by atoms with Crippen molar-refractivity contribution in [1.29, 1.82) is 0 Å². The Morgan fingerprint density at radius 1 is 1.43 bits per heavy atom. The Balaban J connectivity index is 3.01. The van der Waals surface area contributed by atoms with Crippen molar-refractivity contribution in [2.45, 2.75) is 31.8 Å². The minimum atomic E-state index is -3.95. The van der Waals surface area contributed by atoms with E-state index in [1.165, 1.54) is 12.1 Å². The monoisotopic (exact) mass is 353 g/mol. The Kier molecular flexibility index (Phi) is 6.46. The molecule has 0 aliphatic rings. The van der Waals surface area contributed by atoms with Crippen molar-refractivity contribution in [3.05, 3.63) is 28.3 Å². The molecule has 1 rings (SSSR count). The lowest BCUT2D eigenvalue weighted by Gasteiger charge is -2.14. The number of amides is 1. The second kappa shape index (κ2) is 7.45. The standard InChI is InChI=1S/C13H17Cl2NO4S/c1-4-20-8(2)7-16-13(17)11-5-10(21(15,18)19)6-12(14)9(11)3/h5-6,8H,4,7H2,1-3H3,(H,16,17). The van der Waals surface area contributed by atoms with Gasteiger partial charge in [-0.25, -0.2) is 8.42 Å². The fourth-order valence-corrected chi connectivity index (χ4v) is 2.77. The number of hydrogen-bond acceptors (Lipinski definition) is 4. The summed E-state index contributed by atoms with van der Waals surface area (Å²) in [7, 11) is 1.34. The molecule has 0 saturated heterocycles. The first-order chi connectivity index (χ1) is 9.66. The van der Waals surface area contributed by atoms with Crippen molar-refractivity contribution in [1.82, 2.24) is 5.32 Å². The van der Waals surface area contributed by atoms with Crippen LogP contribution in [0, 0.1) is 6.92 Å². The van der Waals surface area contributed by atoms with Crippen molar-refractivity contribution in [3.63, 3.8) is 0 Å². The first-order valence-electron chi connectivity index (χ1n) is 6.31. The Hall–Kier alpha value is -0.820. The third-order valence-electron chi connectivity index (χ3n) is 2.85. The van der Waals surface area contributed by atoms with Crippen LogP contribution in [0.5, 0.6) is 0 Å². The van der Waals surface area contributed by atoms with Crippen LogP contribution in [-0.4, -0.2) is 33.6 Å². The van der Waals surface area contributed by atoms with E-state index in [1.54, 1.807) is 6.92 Å². The van der Waals surface area contributed by atoms with Gasteiger partial charge in [0.05, 0.1) is 11.0 Å². The van der Waals surface area contributed by atoms with Crippen LogP contribution in [0.1, 0.15) is 29.8 Å². The lowest BCUT2D eigenvalue weighted by molar-refractivity contribution is 0.0695. The van der Waals surface area contributed by atoms with Gasteiger partial charge in [-0.1, -0.05) is 11.6 Å². The summed E-state index contributed by atoms with van der Waals surface area (Å²) in [6.45, 7) is 6.16. The number of hydrogen-bond donors (Lipinski definition) is 1. The van der Waals surface area contributed by atoms with Crippen LogP contribution >= 0.6 is 22.3 Å². The van der Waals surface area contributed by atoms with Crippen molar-refractivity contribution in [3.8, 4) is 0 Å². The zero-order chi connectivity index (χ0) is 16.2. The minimum absolute atomic E-state index is 0.144. The van der Waals surface area contributed by atoms with E-state index in [2.05, 4.69) is 5.32 Å². The molecule has 0 radical (unpaired) electrons. The van der Waals surface area contributed by atoms with Gasteiger partial charge in [0.1, 0.15) is 0 Å². The van der Waals surface area contributed by atoms with Crippen LogP contribution in [0.4, 0.5) is 0 Å². The molecular weight excluding hydrogens is 337 g/mol. The molecule has 0 aliphatic heterocycles. The molecule has 5 nitrogen and oxygen atoms in total. The second-order valence-corrected chi connectivity index (χ2v) is 7.46. The zero-order valence-corrected chi connectivity index (χ0v) is 14.3. The molecule has 0 aromatic heterocycles. The minimum Gasteiger partial charge on any atom is -0.377 e. The summed E-state index contributed by atoms with van der Waals surface area (Å²) in [5.74, 6) is -0.428. The predicted molar refractivity (Wildman–Crippen MR) is 82.6 cm³/mol. The summed E-state index contributed by atoms with van der Waals surface area (Å²) in [5.41, 5.74) is 0.660. The largest absolute Gasteiger partial charge is 0.377 e. The SMILES string of the molecule is CCOC(C)CNC(=O)c1cc(S(=O)(=O)Cl)cc(Cl)c1C.